The Morgan fingerprint density at radius 2 is 1.89 bits per heavy atom. The zero-order valence-corrected chi connectivity index (χ0v) is 17.4. The molecule has 0 fully saturated rings. The van der Waals surface area contributed by atoms with Crippen LogP contribution in [-0.4, -0.2) is 17.9 Å². The first-order valence-corrected chi connectivity index (χ1v) is 10.7. The molecule has 0 heterocycles. The molecule has 0 spiro atoms. The Labute approximate surface area is 164 Å². The lowest BCUT2D eigenvalue weighted by atomic mass is 9.87. The molecule has 0 saturated heterocycles. The standard InChI is InChI=1S/C23H36N2O2/c1-5-7-11-17(6-2)22(26)25-21(16(3)4)23(27)24-20-15-10-13-18-12-8-9-14-19(18)20/h8-9,12,14,16-17,20-21H,5-7,10-11,13,15H2,1-4H3,(H,24,27)(H,25,26). The highest BCUT2D eigenvalue weighted by Gasteiger charge is 2.30. The van der Waals surface area contributed by atoms with Gasteiger partial charge in [-0.2, -0.15) is 0 Å². The molecule has 27 heavy (non-hydrogen) atoms. The Morgan fingerprint density at radius 3 is 2.56 bits per heavy atom. The molecule has 1 aromatic rings. The Hall–Kier alpha value is -1.84. The summed E-state index contributed by atoms with van der Waals surface area (Å²) >= 11 is 0. The van der Waals surface area contributed by atoms with E-state index in [1.165, 1.54) is 11.1 Å². The molecule has 2 amide bonds. The molecule has 2 rings (SSSR count). The van der Waals surface area contributed by atoms with Gasteiger partial charge in [0.25, 0.3) is 0 Å². The molecule has 150 valence electrons. The molecule has 1 aliphatic carbocycles. The molecule has 2 N–H and O–H groups in total. The van der Waals surface area contributed by atoms with Crippen molar-refractivity contribution in [1.82, 2.24) is 10.6 Å². The van der Waals surface area contributed by atoms with E-state index in [-0.39, 0.29) is 29.7 Å². The third kappa shape index (κ3) is 5.82. The first kappa shape index (κ1) is 21.5. The van der Waals surface area contributed by atoms with Crippen LogP contribution in [0.2, 0.25) is 0 Å². The number of nitrogens with one attached hydrogen (secondary N) is 2. The zero-order chi connectivity index (χ0) is 19.8. The smallest absolute Gasteiger partial charge is 0.243 e. The second-order valence-corrected chi connectivity index (χ2v) is 8.13. The fourth-order valence-electron chi connectivity index (χ4n) is 3.94. The molecular formula is C23H36N2O2. The van der Waals surface area contributed by atoms with Gasteiger partial charge >= 0.3 is 0 Å². The summed E-state index contributed by atoms with van der Waals surface area (Å²) in [6.07, 6.45) is 6.94. The van der Waals surface area contributed by atoms with Crippen molar-refractivity contribution in [3.8, 4) is 0 Å². The van der Waals surface area contributed by atoms with Gasteiger partial charge in [-0.3, -0.25) is 9.59 Å². The average Bonchev–Trinajstić information content (AvgIpc) is 2.66. The number of amides is 2. The number of unbranched alkanes of at least 4 members (excludes halogenated alkanes) is 1. The Balaban J connectivity index is 2.04. The second kappa shape index (κ2) is 10.5. The molecule has 1 aliphatic rings. The summed E-state index contributed by atoms with van der Waals surface area (Å²) < 4.78 is 0. The molecule has 0 aromatic heterocycles. The van der Waals surface area contributed by atoms with Gasteiger partial charge in [0.1, 0.15) is 6.04 Å². The third-order valence-corrected chi connectivity index (χ3v) is 5.70. The lowest BCUT2D eigenvalue weighted by Crippen LogP contribution is -2.52. The van der Waals surface area contributed by atoms with Crippen LogP contribution < -0.4 is 10.6 Å². The zero-order valence-electron chi connectivity index (χ0n) is 17.4. The van der Waals surface area contributed by atoms with E-state index in [4.69, 9.17) is 0 Å². The Kier molecular flexibility index (Phi) is 8.33. The number of carbonyl (C=O) groups is 2. The maximum absolute atomic E-state index is 13.0. The number of hydrogen-bond donors (Lipinski definition) is 2. The number of benzene rings is 1. The number of fused-ring (bicyclic) bond motifs is 1. The summed E-state index contributed by atoms with van der Waals surface area (Å²) in [5, 5.41) is 6.25. The predicted octanol–water partition coefficient (Wildman–Crippen LogP) is 4.54. The number of hydrogen-bond acceptors (Lipinski definition) is 2. The van der Waals surface area contributed by atoms with Gasteiger partial charge in [0.15, 0.2) is 0 Å². The van der Waals surface area contributed by atoms with Gasteiger partial charge in [0, 0.05) is 5.92 Å². The van der Waals surface area contributed by atoms with E-state index in [2.05, 4.69) is 35.8 Å². The normalized spacial score (nSPS) is 18.5. The van der Waals surface area contributed by atoms with Crippen LogP contribution in [0.4, 0.5) is 0 Å². The van der Waals surface area contributed by atoms with Gasteiger partial charge in [-0.1, -0.05) is 64.8 Å². The van der Waals surface area contributed by atoms with Crippen LogP contribution in [0.3, 0.4) is 0 Å². The van der Waals surface area contributed by atoms with Gasteiger partial charge in [0.2, 0.25) is 11.8 Å². The highest BCUT2D eigenvalue weighted by atomic mass is 16.2. The van der Waals surface area contributed by atoms with Gasteiger partial charge in [-0.05, 0) is 49.1 Å². The second-order valence-electron chi connectivity index (χ2n) is 8.13. The van der Waals surface area contributed by atoms with Crippen LogP contribution >= 0.6 is 0 Å². The fourth-order valence-corrected chi connectivity index (χ4v) is 3.94. The van der Waals surface area contributed by atoms with E-state index in [0.717, 1.165) is 44.9 Å². The number of rotatable bonds is 9. The van der Waals surface area contributed by atoms with E-state index in [1.54, 1.807) is 0 Å². The van der Waals surface area contributed by atoms with E-state index in [1.807, 2.05) is 26.8 Å². The maximum Gasteiger partial charge on any atom is 0.243 e. The van der Waals surface area contributed by atoms with Gasteiger partial charge in [-0.25, -0.2) is 0 Å². The van der Waals surface area contributed by atoms with Crippen molar-refractivity contribution in [2.45, 2.75) is 84.7 Å². The van der Waals surface area contributed by atoms with Crippen LogP contribution in [0.25, 0.3) is 0 Å². The minimum Gasteiger partial charge on any atom is -0.347 e. The minimum absolute atomic E-state index is 0.00518. The summed E-state index contributed by atoms with van der Waals surface area (Å²) in [6, 6.07) is 7.91. The molecule has 0 saturated carbocycles. The van der Waals surface area contributed by atoms with Crippen molar-refractivity contribution in [1.29, 1.82) is 0 Å². The minimum atomic E-state index is -0.484. The van der Waals surface area contributed by atoms with Crippen LogP contribution in [0, 0.1) is 11.8 Å². The van der Waals surface area contributed by atoms with Crippen molar-refractivity contribution in [2.75, 3.05) is 0 Å². The van der Waals surface area contributed by atoms with Crippen molar-refractivity contribution < 1.29 is 9.59 Å². The predicted molar refractivity (Wildman–Crippen MR) is 110 cm³/mol. The van der Waals surface area contributed by atoms with Crippen LogP contribution in [0.1, 0.15) is 83.4 Å². The SMILES string of the molecule is CCCCC(CC)C(=O)NC(C(=O)NC1CCCc2ccccc21)C(C)C. The first-order valence-electron chi connectivity index (χ1n) is 10.7. The monoisotopic (exact) mass is 372 g/mol. The summed E-state index contributed by atoms with van der Waals surface area (Å²) in [6.45, 7) is 8.17. The largest absolute Gasteiger partial charge is 0.347 e. The van der Waals surface area contributed by atoms with Crippen molar-refractivity contribution in [3.63, 3.8) is 0 Å². The molecule has 4 heteroatoms. The van der Waals surface area contributed by atoms with E-state index in [0.29, 0.717) is 0 Å². The number of aryl methyl sites for hydroxylation is 1. The first-order chi connectivity index (χ1) is 13.0. The molecule has 0 aliphatic heterocycles. The van der Waals surface area contributed by atoms with Crippen molar-refractivity contribution in [3.05, 3.63) is 35.4 Å². The molecule has 0 radical (unpaired) electrons. The lowest BCUT2D eigenvalue weighted by molar-refractivity contribution is -0.132. The van der Waals surface area contributed by atoms with E-state index >= 15 is 0 Å². The summed E-state index contributed by atoms with van der Waals surface area (Å²) in [4.78, 5) is 25.7. The molecule has 3 unspecified atom stereocenters. The number of carbonyl (C=O) groups excluding carboxylic acids is 2. The topological polar surface area (TPSA) is 58.2 Å². The third-order valence-electron chi connectivity index (χ3n) is 5.70. The molecule has 1 aromatic carbocycles. The van der Waals surface area contributed by atoms with Gasteiger partial charge in [0.05, 0.1) is 6.04 Å². The van der Waals surface area contributed by atoms with Gasteiger partial charge < -0.3 is 10.6 Å². The van der Waals surface area contributed by atoms with Crippen LogP contribution in [0.5, 0.6) is 0 Å². The average molecular weight is 373 g/mol. The van der Waals surface area contributed by atoms with Gasteiger partial charge in [-0.15, -0.1) is 0 Å². The molecule has 4 nitrogen and oxygen atoms in total. The van der Waals surface area contributed by atoms with E-state index in [9.17, 15) is 9.59 Å². The van der Waals surface area contributed by atoms with Crippen LogP contribution in [-0.2, 0) is 16.0 Å². The maximum atomic E-state index is 13.0. The highest BCUT2D eigenvalue weighted by molar-refractivity contribution is 5.89. The molecule has 3 atom stereocenters. The van der Waals surface area contributed by atoms with Crippen molar-refractivity contribution >= 4 is 11.8 Å². The lowest BCUT2D eigenvalue weighted by Gasteiger charge is -2.30. The quantitative estimate of drug-likeness (QED) is 0.669. The fraction of sp³-hybridized carbons (Fsp3) is 0.652. The molecule has 0 bridgehead atoms. The summed E-state index contributed by atoms with van der Waals surface area (Å²) in [5.41, 5.74) is 2.55. The van der Waals surface area contributed by atoms with Crippen molar-refractivity contribution in [2.24, 2.45) is 11.8 Å². The van der Waals surface area contributed by atoms with E-state index < -0.39 is 6.04 Å². The highest BCUT2D eigenvalue weighted by Crippen LogP contribution is 2.29. The Morgan fingerprint density at radius 1 is 1.15 bits per heavy atom. The van der Waals surface area contributed by atoms with Crippen LogP contribution in [0.15, 0.2) is 24.3 Å². The Bertz CT molecular complexity index is 627. The summed E-state index contributed by atoms with van der Waals surface area (Å²) in [5.74, 6) is 0.000106. The molecular weight excluding hydrogens is 336 g/mol. The summed E-state index contributed by atoms with van der Waals surface area (Å²) in [7, 11) is 0.